The van der Waals surface area contributed by atoms with Gasteiger partial charge in [-0.2, -0.15) is 0 Å². The van der Waals surface area contributed by atoms with Crippen molar-refractivity contribution < 1.29 is 17.9 Å². The van der Waals surface area contributed by atoms with Crippen molar-refractivity contribution in [3.63, 3.8) is 0 Å². The minimum atomic E-state index is -1.93. The Bertz CT molecular complexity index is 965. The maximum atomic E-state index is 13.3. The summed E-state index contributed by atoms with van der Waals surface area (Å²) >= 11 is 0. The van der Waals surface area contributed by atoms with E-state index in [1.807, 2.05) is 31.2 Å². The van der Waals surface area contributed by atoms with Crippen molar-refractivity contribution in [2.45, 2.75) is 115 Å². The molecular weight excluding hydrogens is 513 g/mol. The molecule has 0 spiro atoms. The van der Waals surface area contributed by atoms with Crippen LogP contribution in [0.25, 0.3) is 0 Å². The predicted molar refractivity (Wildman–Crippen MR) is 165 cm³/mol. The monoisotopic (exact) mass is 564 g/mol. The maximum Gasteiger partial charge on any atom is 0.191 e. The van der Waals surface area contributed by atoms with Crippen LogP contribution < -0.4 is 0 Å². The van der Waals surface area contributed by atoms with Gasteiger partial charge in [-0.15, -0.1) is 0 Å². The van der Waals surface area contributed by atoms with Crippen molar-refractivity contribution in [3.05, 3.63) is 53.0 Å². The van der Waals surface area contributed by atoms with Gasteiger partial charge in [0.1, 0.15) is 0 Å². The van der Waals surface area contributed by atoms with Crippen molar-refractivity contribution in [1.82, 2.24) is 0 Å². The zero-order valence-electron chi connectivity index (χ0n) is 25.4. The largest absolute Gasteiger partial charge is 0.417 e. The van der Waals surface area contributed by atoms with Gasteiger partial charge in [-0.1, -0.05) is 65.8 Å². The molecule has 0 saturated carbocycles. The lowest BCUT2D eigenvalue weighted by Crippen LogP contribution is -2.41. The van der Waals surface area contributed by atoms with Gasteiger partial charge in [0.05, 0.1) is 10.8 Å². The lowest BCUT2D eigenvalue weighted by Gasteiger charge is -2.36. The SMILES string of the molecule is C=C(/C(=C/C(=O)CCCCO[Si](C)(C)C(C)(C)C)CCO[Si](C)(C)C(C)(C)C)S(=O)c1ccc(C)cc1. The summed E-state index contributed by atoms with van der Waals surface area (Å²) in [5.41, 5.74) is 1.83. The molecule has 0 aromatic heterocycles. The zero-order valence-corrected chi connectivity index (χ0v) is 28.2. The Kier molecular flexibility index (Phi) is 12.6. The number of aryl methyl sites for hydroxylation is 1. The lowest BCUT2D eigenvalue weighted by atomic mass is 10.1. The molecule has 1 rings (SSSR count). The number of ketones is 1. The number of rotatable bonds is 14. The van der Waals surface area contributed by atoms with Gasteiger partial charge >= 0.3 is 0 Å². The summed E-state index contributed by atoms with van der Waals surface area (Å²) in [6.45, 7) is 29.6. The van der Waals surface area contributed by atoms with Crippen LogP contribution in [-0.2, 0) is 24.4 Å². The highest BCUT2D eigenvalue weighted by atomic mass is 32.2. The van der Waals surface area contributed by atoms with E-state index in [4.69, 9.17) is 8.85 Å². The van der Waals surface area contributed by atoms with Gasteiger partial charge in [0.15, 0.2) is 22.4 Å². The van der Waals surface area contributed by atoms with Crippen LogP contribution in [0.1, 0.15) is 72.8 Å². The molecule has 1 aromatic carbocycles. The van der Waals surface area contributed by atoms with E-state index in [9.17, 15) is 9.00 Å². The number of benzene rings is 1. The molecule has 210 valence electrons. The van der Waals surface area contributed by atoms with Crippen LogP contribution in [0.3, 0.4) is 0 Å². The van der Waals surface area contributed by atoms with Crippen LogP contribution in [0, 0.1) is 6.92 Å². The van der Waals surface area contributed by atoms with Gasteiger partial charge in [0.2, 0.25) is 0 Å². The quantitative estimate of drug-likeness (QED) is 0.0981. The second kappa shape index (κ2) is 13.8. The van der Waals surface area contributed by atoms with E-state index in [0.717, 1.165) is 24.0 Å². The summed E-state index contributed by atoms with van der Waals surface area (Å²) in [7, 11) is -5.13. The smallest absolute Gasteiger partial charge is 0.191 e. The van der Waals surface area contributed by atoms with Crippen LogP contribution >= 0.6 is 0 Å². The first-order valence-electron chi connectivity index (χ1n) is 13.5. The Morgan fingerprint density at radius 2 is 1.35 bits per heavy atom. The minimum absolute atomic E-state index is 0.0386. The van der Waals surface area contributed by atoms with Crippen LogP contribution in [0.15, 0.2) is 52.3 Å². The van der Waals surface area contributed by atoms with Crippen molar-refractivity contribution in [2.75, 3.05) is 13.2 Å². The van der Waals surface area contributed by atoms with Gasteiger partial charge in [0, 0.05) is 29.4 Å². The molecule has 0 aliphatic heterocycles. The Morgan fingerprint density at radius 1 is 0.865 bits per heavy atom. The molecule has 7 heteroatoms. The molecule has 0 aliphatic rings. The van der Waals surface area contributed by atoms with Gasteiger partial charge in [0.25, 0.3) is 0 Å². The van der Waals surface area contributed by atoms with Gasteiger partial charge in [-0.05, 0) is 86.2 Å². The summed E-state index contributed by atoms with van der Waals surface area (Å²) in [4.78, 5) is 14.1. The topological polar surface area (TPSA) is 52.6 Å². The Hall–Kier alpha value is -1.13. The average Bonchev–Trinajstić information content (AvgIpc) is 2.76. The maximum absolute atomic E-state index is 13.3. The van der Waals surface area contributed by atoms with E-state index in [0.29, 0.717) is 35.9 Å². The number of unbranched alkanes of at least 4 members (excludes halogenated alkanes) is 1. The number of carbonyl (C=O) groups is 1. The van der Waals surface area contributed by atoms with Crippen LogP contribution in [0.5, 0.6) is 0 Å². The molecule has 1 aromatic rings. The molecule has 1 atom stereocenters. The second-order valence-electron chi connectivity index (χ2n) is 13.1. The minimum Gasteiger partial charge on any atom is -0.417 e. The number of allylic oxidation sites excluding steroid dienone is 2. The first-order valence-corrected chi connectivity index (χ1v) is 20.4. The Balaban J connectivity index is 2.89. The van der Waals surface area contributed by atoms with Gasteiger partial charge in [-0.25, -0.2) is 4.21 Å². The van der Waals surface area contributed by atoms with Crippen LogP contribution in [0.4, 0.5) is 0 Å². The van der Waals surface area contributed by atoms with Crippen molar-refractivity contribution in [2.24, 2.45) is 0 Å². The molecule has 0 radical (unpaired) electrons. The van der Waals surface area contributed by atoms with E-state index in [2.05, 4.69) is 74.3 Å². The molecule has 4 nitrogen and oxygen atoms in total. The standard InChI is InChI=1S/C30H52O4SSi2/c1-24-16-18-28(19-17-24)35(32)25(2)26(20-22-34-37(11,12)30(6,7)8)23-27(31)15-13-14-21-33-36(9,10)29(3,4)5/h16-19,23H,2,13-15,20-22H2,1,3-12H3/b26-23+. The van der Waals surface area contributed by atoms with Gasteiger partial charge < -0.3 is 8.85 Å². The summed E-state index contributed by atoms with van der Waals surface area (Å²) in [5, 5.41) is 0.279. The van der Waals surface area contributed by atoms with E-state index < -0.39 is 27.4 Å². The van der Waals surface area contributed by atoms with Crippen LogP contribution in [-0.4, -0.2) is 39.8 Å². The first kappa shape index (κ1) is 33.9. The van der Waals surface area contributed by atoms with Crippen LogP contribution in [0.2, 0.25) is 36.3 Å². The fourth-order valence-corrected chi connectivity index (χ4v) is 6.26. The third kappa shape index (κ3) is 10.9. The van der Waals surface area contributed by atoms with E-state index in [1.54, 1.807) is 6.08 Å². The molecule has 0 saturated heterocycles. The molecule has 0 amide bonds. The highest BCUT2D eigenvalue weighted by molar-refractivity contribution is 7.89. The highest BCUT2D eigenvalue weighted by Crippen LogP contribution is 2.37. The summed E-state index contributed by atoms with van der Waals surface area (Å²) in [6, 6.07) is 7.62. The third-order valence-corrected chi connectivity index (χ3v) is 18.4. The van der Waals surface area contributed by atoms with Gasteiger partial charge in [-0.3, -0.25) is 4.79 Å². The van der Waals surface area contributed by atoms with Crippen molar-refractivity contribution in [3.8, 4) is 0 Å². The molecule has 0 fully saturated rings. The van der Waals surface area contributed by atoms with Crippen molar-refractivity contribution in [1.29, 1.82) is 0 Å². The molecular formula is C30H52O4SSi2. The lowest BCUT2D eigenvalue weighted by molar-refractivity contribution is -0.114. The first-order chi connectivity index (χ1) is 16.8. The third-order valence-electron chi connectivity index (χ3n) is 7.88. The Labute approximate surface area is 232 Å². The molecule has 0 bridgehead atoms. The molecule has 0 aliphatic carbocycles. The van der Waals surface area contributed by atoms with Crippen molar-refractivity contribution >= 4 is 33.2 Å². The normalized spacial score (nSPS) is 14.5. The second-order valence-corrected chi connectivity index (χ2v) is 24.2. The number of carbonyl (C=O) groups excluding carboxylic acids is 1. The van der Waals surface area contributed by atoms with E-state index in [-0.39, 0.29) is 15.9 Å². The average molecular weight is 565 g/mol. The van der Waals surface area contributed by atoms with E-state index >= 15 is 0 Å². The fourth-order valence-electron chi connectivity index (χ4n) is 3.06. The molecule has 0 N–H and O–H groups in total. The summed E-state index contributed by atoms with van der Waals surface area (Å²) in [5.74, 6) is 0.0386. The zero-order chi connectivity index (χ0) is 28.7. The fraction of sp³-hybridized carbons (Fsp3) is 0.633. The summed E-state index contributed by atoms with van der Waals surface area (Å²) in [6.07, 6.45) is 4.23. The summed E-state index contributed by atoms with van der Waals surface area (Å²) < 4.78 is 25.9. The highest BCUT2D eigenvalue weighted by Gasteiger charge is 2.37. The number of hydrogen-bond donors (Lipinski definition) is 0. The predicted octanol–water partition coefficient (Wildman–Crippen LogP) is 8.72. The molecule has 0 heterocycles. The molecule has 37 heavy (non-hydrogen) atoms. The molecule has 1 unspecified atom stereocenters. The number of hydrogen-bond acceptors (Lipinski definition) is 4. The van der Waals surface area contributed by atoms with E-state index in [1.165, 1.54) is 0 Å². The Morgan fingerprint density at radius 3 is 1.84 bits per heavy atom.